The van der Waals surface area contributed by atoms with E-state index in [-0.39, 0.29) is 43.7 Å². The third-order valence-corrected chi connectivity index (χ3v) is 16.3. The number of allylic oxidation sites excluding steroid dienone is 5. The van der Waals surface area contributed by atoms with Gasteiger partial charge in [-0.15, -0.1) is 0 Å². The van der Waals surface area contributed by atoms with Gasteiger partial charge in [0.05, 0.1) is 25.6 Å². The Balaban J connectivity index is 1.05. The molecule has 0 aromatic carbocycles. The number of ketones is 2. The largest absolute Gasteiger partial charge is 0.466 e. The maximum atomic E-state index is 17.5. The second-order valence-corrected chi connectivity index (χ2v) is 21.1. The molecular weight excluding hydrogens is 852 g/mol. The third kappa shape index (κ3) is 14.9. The van der Waals surface area contributed by atoms with Gasteiger partial charge in [-0.2, -0.15) is 0 Å². The molecule has 0 aromatic heterocycles. The molecule has 0 aromatic rings. The van der Waals surface area contributed by atoms with Crippen LogP contribution in [-0.2, 0) is 38.2 Å². The molecule has 0 heterocycles. The quantitative estimate of drug-likeness (QED) is 0.0281. The standard InChI is InChI=1S/C56H89FO10/c1-6-8-10-12-13-15-19-22-26-30-52(63)67-45(28-24-11-9-7-2)29-25-21-18-16-14-17-20-23-27-37-65-50(61)33-34-51(62)66-41-49(60)56(64)42(3)38-47-46-32-31-43-39-44(58)35-36-53(43,4)55(46,57)48(59)40-54(47,56)5/h21,25,35-36,39,42,45-48,59,64H,6-20,22-24,26-34,37-38,40-41H2,1-5H3/b25-21-/t42-,45-,46+,47+,48+,53+,54+,55+,56+/m1/s1. The van der Waals surface area contributed by atoms with E-state index < -0.39 is 70.3 Å². The molecule has 11 heteroatoms. The first kappa shape index (κ1) is 56.4. The van der Waals surface area contributed by atoms with Crippen molar-refractivity contribution in [3.05, 3.63) is 36.0 Å². The van der Waals surface area contributed by atoms with Gasteiger partial charge in [0.25, 0.3) is 0 Å². The lowest BCUT2D eigenvalue weighted by Crippen LogP contribution is -2.69. The van der Waals surface area contributed by atoms with E-state index in [0.717, 1.165) is 77.0 Å². The van der Waals surface area contributed by atoms with Crippen molar-refractivity contribution in [2.45, 2.75) is 244 Å². The van der Waals surface area contributed by atoms with Crippen LogP contribution in [0.4, 0.5) is 4.39 Å². The van der Waals surface area contributed by atoms with Gasteiger partial charge in [-0.05, 0) is 95.1 Å². The van der Waals surface area contributed by atoms with Crippen LogP contribution in [0, 0.1) is 28.6 Å². The van der Waals surface area contributed by atoms with Crippen molar-refractivity contribution >= 4 is 29.5 Å². The fraction of sp³-hybridized carbons (Fsp3) is 0.804. The first-order chi connectivity index (χ1) is 32.1. The van der Waals surface area contributed by atoms with Crippen molar-refractivity contribution in [3.8, 4) is 0 Å². The van der Waals surface area contributed by atoms with Gasteiger partial charge in [-0.3, -0.25) is 24.0 Å². The summed E-state index contributed by atoms with van der Waals surface area (Å²) in [5.74, 6) is -3.90. The molecule has 0 bridgehead atoms. The fourth-order valence-electron chi connectivity index (χ4n) is 12.2. The van der Waals surface area contributed by atoms with Crippen LogP contribution in [0.25, 0.3) is 0 Å². The normalized spacial score (nSPS) is 29.2. The van der Waals surface area contributed by atoms with E-state index in [9.17, 15) is 34.2 Å². The first-order valence-corrected chi connectivity index (χ1v) is 26.8. The number of rotatable bonds is 33. The number of alkyl halides is 1. The molecule has 9 atom stereocenters. The number of ether oxygens (including phenoxy) is 3. The minimum atomic E-state index is -2.09. The molecule has 4 aliphatic rings. The molecule has 3 saturated carbocycles. The average Bonchev–Trinajstić information content (AvgIpc) is 3.50. The summed E-state index contributed by atoms with van der Waals surface area (Å²) in [6.07, 6.45) is 32.8. The van der Waals surface area contributed by atoms with E-state index in [0.29, 0.717) is 31.3 Å². The zero-order valence-corrected chi connectivity index (χ0v) is 42.2. The van der Waals surface area contributed by atoms with Gasteiger partial charge in [-0.25, -0.2) is 4.39 Å². The zero-order chi connectivity index (χ0) is 48.9. The highest BCUT2D eigenvalue weighted by Crippen LogP contribution is 2.70. The zero-order valence-electron chi connectivity index (χ0n) is 42.2. The molecule has 0 aliphatic heterocycles. The second-order valence-electron chi connectivity index (χ2n) is 21.1. The fourth-order valence-corrected chi connectivity index (χ4v) is 12.2. The van der Waals surface area contributed by atoms with Crippen LogP contribution >= 0.6 is 0 Å². The van der Waals surface area contributed by atoms with Gasteiger partial charge in [0.1, 0.15) is 11.7 Å². The van der Waals surface area contributed by atoms with E-state index in [2.05, 4.69) is 26.0 Å². The van der Waals surface area contributed by atoms with E-state index in [1.807, 2.05) is 0 Å². The van der Waals surface area contributed by atoms with Crippen LogP contribution in [0.15, 0.2) is 36.0 Å². The van der Waals surface area contributed by atoms with Gasteiger partial charge in [0.2, 0.25) is 5.78 Å². The van der Waals surface area contributed by atoms with Crippen LogP contribution in [0.3, 0.4) is 0 Å². The molecular formula is C56H89FO10. The molecule has 67 heavy (non-hydrogen) atoms. The molecule has 4 aliphatic carbocycles. The summed E-state index contributed by atoms with van der Waals surface area (Å²) in [6, 6.07) is 0. The summed E-state index contributed by atoms with van der Waals surface area (Å²) in [6.45, 7) is 9.23. The molecule has 3 fully saturated rings. The van der Waals surface area contributed by atoms with Crippen LogP contribution in [-0.4, -0.2) is 76.4 Å². The summed E-state index contributed by atoms with van der Waals surface area (Å²) in [7, 11) is 0. The van der Waals surface area contributed by atoms with Crippen molar-refractivity contribution in [1.29, 1.82) is 0 Å². The number of fused-ring (bicyclic) bond motifs is 5. The Bertz CT molecular complexity index is 1690. The Morgan fingerprint density at radius 1 is 0.776 bits per heavy atom. The Morgan fingerprint density at radius 2 is 1.37 bits per heavy atom. The number of carbonyl (C=O) groups is 5. The van der Waals surface area contributed by atoms with Gasteiger partial charge < -0.3 is 24.4 Å². The average molecular weight is 941 g/mol. The minimum Gasteiger partial charge on any atom is -0.466 e. The predicted molar refractivity (Wildman–Crippen MR) is 261 cm³/mol. The van der Waals surface area contributed by atoms with Crippen LogP contribution in [0.2, 0.25) is 0 Å². The number of aliphatic hydroxyl groups excluding tert-OH is 1. The predicted octanol–water partition coefficient (Wildman–Crippen LogP) is 12.3. The molecule has 0 unspecified atom stereocenters. The minimum absolute atomic E-state index is 0.0356. The van der Waals surface area contributed by atoms with Gasteiger partial charge in [0, 0.05) is 29.6 Å². The lowest BCUT2D eigenvalue weighted by Gasteiger charge is -2.62. The number of Topliss-reactive ketones (excluding diaryl/α,β-unsaturated/α-hetero) is 1. The van der Waals surface area contributed by atoms with Crippen molar-refractivity contribution in [2.75, 3.05) is 13.2 Å². The lowest BCUT2D eigenvalue weighted by molar-refractivity contribution is -0.220. The maximum Gasteiger partial charge on any atom is 0.306 e. The van der Waals surface area contributed by atoms with Crippen molar-refractivity contribution in [2.24, 2.45) is 28.6 Å². The number of carbonyl (C=O) groups excluding carboxylic acids is 5. The van der Waals surface area contributed by atoms with Gasteiger partial charge in [-0.1, -0.05) is 148 Å². The Morgan fingerprint density at radius 3 is 2.04 bits per heavy atom. The molecule has 0 saturated heterocycles. The topological polar surface area (TPSA) is 154 Å². The molecule has 10 nitrogen and oxygen atoms in total. The molecule has 4 rings (SSSR count). The Labute approximate surface area is 403 Å². The lowest BCUT2D eigenvalue weighted by atomic mass is 9.44. The summed E-state index contributed by atoms with van der Waals surface area (Å²) in [4.78, 5) is 63.6. The second kappa shape index (κ2) is 27.9. The number of hydrogen-bond donors (Lipinski definition) is 2. The monoisotopic (exact) mass is 941 g/mol. The van der Waals surface area contributed by atoms with E-state index in [4.69, 9.17) is 14.2 Å². The molecule has 0 spiro atoms. The van der Waals surface area contributed by atoms with Crippen LogP contribution < -0.4 is 0 Å². The Hall–Kier alpha value is -3.18. The molecule has 0 radical (unpaired) electrons. The molecule has 380 valence electrons. The number of aliphatic hydroxyl groups is 2. The SMILES string of the molecule is CCCCCCCCCCCC(=O)O[C@@H](C/C=C\CCCCCCCCOC(=O)CCC(=O)OCC(=O)[C@@]1(O)[C@H](C)C[C@H]2[C@@H]3CCC4=CC(=O)C=C[C@]4(C)[C@@]3(F)[C@@H](O)C[C@@]21C)CCCCCC. The number of halogens is 1. The smallest absolute Gasteiger partial charge is 0.306 e. The highest BCUT2D eigenvalue weighted by molar-refractivity contribution is 6.01. The molecule has 2 N–H and O–H groups in total. The highest BCUT2D eigenvalue weighted by atomic mass is 19.1. The Kier molecular flexibility index (Phi) is 23.5. The first-order valence-electron chi connectivity index (χ1n) is 26.8. The number of unbranched alkanes of at least 4 members (excludes halogenated alkanes) is 17. The van der Waals surface area contributed by atoms with E-state index in [1.54, 1.807) is 26.8 Å². The van der Waals surface area contributed by atoms with Crippen molar-refractivity contribution in [1.82, 2.24) is 0 Å². The third-order valence-electron chi connectivity index (χ3n) is 16.3. The van der Waals surface area contributed by atoms with Crippen LogP contribution in [0.5, 0.6) is 0 Å². The van der Waals surface area contributed by atoms with Gasteiger partial charge in [0.15, 0.2) is 18.1 Å². The summed E-state index contributed by atoms with van der Waals surface area (Å²) < 4.78 is 34.0. The van der Waals surface area contributed by atoms with Crippen molar-refractivity contribution in [3.63, 3.8) is 0 Å². The van der Waals surface area contributed by atoms with E-state index in [1.165, 1.54) is 76.4 Å². The van der Waals surface area contributed by atoms with E-state index >= 15 is 4.39 Å². The summed E-state index contributed by atoms with van der Waals surface area (Å²) in [5.41, 5.74) is -5.75. The summed E-state index contributed by atoms with van der Waals surface area (Å²) >= 11 is 0. The highest BCUT2D eigenvalue weighted by Gasteiger charge is 2.75. The summed E-state index contributed by atoms with van der Waals surface area (Å²) in [5, 5.41) is 23.7. The van der Waals surface area contributed by atoms with Crippen LogP contribution in [0.1, 0.15) is 221 Å². The number of esters is 3. The van der Waals surface area contributed by atoms with Crippen molar-refractivity contribution < 1.29 is 52.8 Å². The maximum absolute atomic E-state index is 17.5. The van der Waals surface area contributed by atoms with Gasteiger partial charge >= 0.3 is 17.9 Å². The molecule has 0 amide bonds. The number of hydrogen-bond acceptors (Lipinski definition) is 10.